The topological polar surface area (TPSA) is 118 Å². The number of hydrogen-bond donors (Lipinski definition) is 3. The smallest absolute Gasteiger partial charge is 0.492 e. The van der Waals surface area contributed by atoms with Gasteiger partial charge in [0.05, 0.1) is 37.3 Å². The summed E-state index contributed by atoms with van der Waals surface area (Å²) in [5.74, 6) is -0.382. The second-order valence-corrected chi connectivity index (χ2v) is 8.45. The molecule has 0 saturated heterocycles. The molecule has 0 unspecified atom stereocenters. The van der Waals surface area contributed by atoms with Gasteiger partial charge in [0, 0.05) is 24.6 Å². The number of hydrogen-bond acceptors (Lipinski definition) is 6. The highest BCUT2D eigenvalue weighted by Crippen LogP contribution is 2.08. The van der Waals surface area contributed by atoms with Crippen LogP contribution >= 0.6 is 0 Å². The number of nitrogens with zero attached hydrogens (tertiary/aromatic N) is 1. The molecule has 9 heteroatoms. The van der Waals surface area contributed by atoms with E-state index in [4.69, 9.17) is 14.4 Å². The summed E-state index contributed by atoms with van der Waals surface area (Å²) in [7, 11) is -4.43. The van der Waals surface area contributed by atoms with Gasteiger partial charge in [0.25, 0.3) is 0 Å². The fraction of sp³-hybridized carbons (Fsp3) is 1.00. The predicted octanol–water partition coefficient (Wildman–Crippen LogP) is -1.70. The van der Waals surface area contributed by atoms with Crippen molar-refractivity contribution >= 4 is 18.9 Å². The van der Waals surface area contributed by atoms with Gasteiger partial charge in [-0.05, 0) is 0 Å². The van der Waals surface area contributed by atoms with E-state index in [0.717, 1.165) is 0 Å². The van der Waals surface area contributed by atoms with Crippen molar-refractivity contribution in [3.05, 3.63) is 0 Å². The Bertz CT molecular complexity index is 323. The average molecular weight is 287 g/mol. The van der Waals surface area contributed by atoms with E-state index >= 15 is 0 Å². The standard InChI is InChI=1S/C8H21NO6SSi/c1-9(2,5-3-7-16(10,11)12)6-4-8-17(13,14)15/h13-15H,3-8H2,1-2H3. The van der Waals surface area contributed by atoms with E-state index in [1.165, 1.54) is 0 Å². The van der Waals surface area contributed by atoms with Crippen LogP contribution in [0.3, 0.4) is 0 Å². The first kappa shape index (κ1) is 17.0. The van der Waals surface area contributed by atoms with Crippen LogP contribution in [-0.4, -0.2) is 73.6 Å². The molecule has 0 rings (SSSR count). The maximum atomic E-state index is 10.4. The third kappa shape index (κ3) is 12.2. The van der Waals surface area contributed by atoms with E-state index in [2.05, 4.69) is 0 Å². The molecule has 0 spiro atoms. The second kappa shape index (κ2) is 6.23. The minimum atomic E-state index is -4.16. The van der Waals surface area contributed by atoms with Crippen molar-refractivity contribution in [1.29, 1.82) is 0 Å². The van der Waals surface area contributed by atoms with Gasteiger partial charge in [-0.15, -0.1) is 0 Å². The van der Waals surface area contributed by atoms with Crippen LogP contribution in [0.25, 0.3) is 0 Å². The van der Waals surface area contributed by atoms with E-state index in [0.29, 0.717) is 24.0 Å². The van der Waals surface area contributed by atoms with E-state index in [9.17, 15) is 13.0 Å². The molecule has 0 atom stereocenters. The Morgan fingerprint density at radius 2 is 1.59 bits per heavy atom. The molecule has 0 aromatic carbocycles. The number of rotatable bonds is 8. The zero-order valence-electron chi connectivity index (χ0n) is 10.2. The molecule has 0 bridgehead atoms. The van der Waals surface area contributed by atoms with Gasteiger partial charge >= 0.3 is 8.80 Å². The predicted molar refractivity (Wildman–Crippen MR) is 62.9 cm³/mol. The fourth-order valence-corrected chi connectivity index (χ4v) is 2.64. The fourth-order valence-electron chi connectivity index (χ4n) is 1.53. The first-order chi connectivity index (χ1) is 7.41. The van der Waals surface area contributed by atoms with Crippen molar-refractivity contribution in [2.24, 2.45) is 0 Å². The summed E-state index contributed by atoms with van der Waals surface area (Å²) in [4.78, 5) is 26.5. The molecule has 0 aliphatic heterocycles. The van der Waals surface area contributed by atoms with Crippen LogP contribution in [0.5, 0.6) is 0 Å². The summed E-state index contributed by atoms with van der Waals surface area (Å²) < 4.78 is 31.7. The molecule has 0 aromatic heterocycles. The highest BCUT2D eigenvalue weighted by atomic mass is 32.2. The monoisotopic (exact) mass is 287 g/mol. The first-order valence-electron chi connectivity index (χ1n) is 5.34. The minimum Gasteiger partial charge on any atom is -0.748 e. The van der Waals surface area contributed by atoms with Gasteiger partial charge in [0.2, 0.25) is 0 Å². The Morgan fingerprint density at radius 3 is 2.00 bits per heavy atom. The Balaban J connectivity index is 3.88. The summed E-state index contributed by atoms with van der Waals surface area (Å²) in [6, 6.07) is -0.0332. The highest BCUT2D eigenvalue weighted by molar-refractivity contribution is 7.85. The van der Waals surface area contributed by atoms with Crippen molar-refractivity contribution in [2.45, 2.75) is 18.9 Å². The van der Waals surface area contributed by atoms with Gasteiger partial charge in [-0.2, -0.15) is 0 Å². The van der Waals surface area contributed by atoms with Crippen LogP contribution in [0.4, 0.5) is 0 Å². The number of quaternary nitrogens is 1. The summed E-state index contributed by atoms with van der Waals surface area (Å²) >= 11 is 0. The van der Waals surface area contributed by atoms with Crippen LogP contribution in [0.1, 0.15) is 12.8 Å². The second-order valence-electron chi connectivity index (χ2n) is 4.88. The van der Waals surface area contributed by atoms with Gasteiger partial charge in [0.1, 0.15) is 0 Å². The average Bonchev–Trinajstić information content (AvgIpc) is 1.96. The Morgan fingerprint density at radius 1 is 1.12 bits per heavy atom. The Labute approximate surface area is 103 Å². The zero-order chi connectivity index (χ0) is 13.7. The molecule has 0 aliphatic carbocycles. The molecule has 17 heavy (non-hydrogen) atoms. The lowest BCUT2D eigenvalue weighted by Crippen LogP contribution is -2.43. The molecule has 7 nitrogen and oxygen atoms in total. The molecular formula is C8H21NO6SSi. The lowest BCUT2D eigenvalue weighted by molar-refractivity contribution is -0.890. The summed E-state index contributed by atoms with van der Waals surface area (Å²) in [6.07, 6.45) is 0.714. The van der Waals surface area contributed by atoms with E-state index in [-0.39, 0.29) is 18.2 Å². The molecule has 0 saturated carbocycles. The third-order valence-electron chi connectivity index (χ3n) is 2.43. The molecule has 0 aromatic rings. The summed E-state index contributed by atoms with van der Waals surface area (Å²) in [5, 5.41) is 0. The maximum Gasteiger partial charge on any atom is 0.492 e. The van der Waals surface area contributed by atoms with Crippen LogP contribution < -0.4 is 0 Å². The van der Waals surface area contributed by atoms with E-state index in [1.54, 1.807) is 0 Å². The van der Waals surface area contributed by atoms with Crippen molar-refractivity contribution in [2.75, 3.05) is 32.9 Å². The first-order valence-corrected chi connectivity index (χ1v) is 8.97. The summed E-state index contributed by atoms with van der Waals surface area (Å²) in [6.45, 7) is 1.09. The Hall–Kier alpha value is -0.0331. The molecular weight excluding hydrogens is 266 g/mol. The van der Waals surface area contributed by atoms with Crippen molar-refractivity contribution in [3.8, 4) is 0 Å². The van der Waals surface area contributed by atoms with Crippen molar-refractivity contribution in [1.82, 2.24) is 0 Å². The molecule has 0 radical (unpaired) electrons. The minimum absolute atomic E-state index is 0.0332. The van der Waals surface area contributed by atoms with Crippen LogP contribution in [-0.2, 0) is 10.1 Å². The van der Waals surface area contributed by atoms with Crippen LogP contribution in [0.2, 0.25) is 6.04 Å². The van der Waals surface area contributed by atoms with Crippen molar-refractivity contribution in [3.63, 3.8) is 0 Å². The zero-order valence-corrected chi connectivity index (χ0v) is 12.0. The largest absolute Gasteiger partial charge is 0.748 e. The molecule has 0 heterocycles. The van der Waals surface area contributed by atoms with Crippen molar-refractivity contribution < 1.29 is 31.8 Å². The molecule has 3 N–H and O–H groups in total. The molecule has 0 aliphatic rings. The highest BCUT2D eigenvalue weighted by Gasteiger charge is 2.27. The SMILES string of the molecule is C[N+](C)(CCC[Si](O)(O)O)CCCS(=O)(=O)[O-]. The van der Waals surface area contributed by atoms with Gasteiger partial charge in [-0.3, -0.25) is 0 Å². The molecule has 0 fully saturated rings. The van der Waals surface area contributed by atoms with Gasteiger partial charge in [0.15, 0.2) is 0 Å². The molecule has 0 amide bonds. The van der Waals surface area contributed by atoms with Gasteiger partial charge < -0.3 is 23.4 Å². The summed E-state index contributed by atoms with van der Waals surface area (Å²) in [5.41, 5.74) is 0. The van der Waals surface area contributed by atoms with E-state index in [1.807, 2.05) is 14.1 Å². The van der Waals surface area contributed by atoms with Gasteiger partial charge in [-0.25, -0.2) is 8.42 Å². The van der Waals surface area contributed by atoms with Crippen LogP contribution in [0.15, 0.2) is 0 Å². The van der Waals surface area contributed by atoms with E-state index < -0.39 is 18.9 Å². The Kier molecular flexibility index (Phi) is 6.21. The third-order valence-corrected chi connectivity index (χ3v) is 4.25. The lowest BCUT2D eigenvalue weighted by atomic mass is 10.3. The maximum absolute atomic E-state index is 10.4. The quantitative estimate of drug-likeness (QED) is 0.278. The normalized spacial score (nSPS) is 14.0. The van der Waals surface area contributed by atoms with Gasteiger partial charge in [-0.1, -0.05) is 0 Å². The lowest BCUT2D eigenvalue weighted by Gasteiger charge is -2.30. The molecule has 104 valence electrons. The van der Waals surface area contributed by atoms with Crippen LogP contribution in [0, 0.1) is 0 Å².